The fourth-order valence-electron chi connectivity index (χ4n) is 1.85. The van der Waals surface area contributed by atoms with Gasteiger partial charge in [-0.3, -0.25) is 9.78 Å². The summed E-state index contributed by atoms with van der Waals surface area (Å²) in [5.41, 5.74) is 1.60. The zero-order valence-corrected chi connectivity index (χ0v) is 13.4. The fraction of sp³-hybridized carbons (Fsp3) is 0.0714. The fourth-order valence-corrected chi connectivity index (χ4v) is 4.09. The minimum atomic E-state index is -3.61. The second-order valence-electron chi connectivity index (χ2n) is 4.65. The highest BCUT2D eigenvalue weighted by molar-refractivity contribution is 7.91. The lowest BCUT2D eigenvalue weighted by Gasteiger charge is -2.04. The molecule has 118 valence electrons. The highest BCUT2D eigenvalue weighted by Gasteiger charge is 2.17. The maximum absolute atomic E-state index is 12.3. The molecule has 0 fully saturated rings. The highest BCUT2D eigenvalue weighted by Crippen LogP contribution is 2.26. The Morgan fingerprint density at radius 3 is 2.83 bits per heavy atom. The Bertz CT molecular complexity index is 944. The normalized spacial score (nSPS) is 11.5. The topological polar surface area (TPSA) is 105 Å². The molecule has 7 nitrogen and oxygen atoms in total. The number of pyridine rings is 1. The number of nitrogens with one attached hydrogen (secondary N) is 2. The number of thiophene rings is 1. The second-order valence-corrected chi connectivity index (χ2v) is 7.55. The highest BCUT2D eigenvalue weighted by atomic mass is 32.2. The third-order valence-corrected chi connectivity index (χ3v) is 5.85. The van der Waals surface area contributed by atoms with E-state index in [1.54, 1.807) is 36.0 Å². The van der Waals surface area contributed by atoms with Crippen LogP contribution in [0, 0.1) is 0 Å². The lowest BCUT2D eigenvalue weighted by Crippen LogP contribution is -2.22. The Labute approximate surface area is 136 Å². The van der Waals surface area contributed by atoms with Crippen molar-refractivity contribution < 1.29 is 8.42 Å². The van der Waals surface area contributed by atoms with E-state index >= 15 is 0 Å². The van der Waals surface area contributed by atoms with Crippen LogP contribution in [0.2, 0.25) is 0 Å². The molecule has 9 heteroatoms. The van der Waals surface area contributed by atoms with Crippen molar-refractivity contribution in [1.82, 2.24) is 19.9 Å². The van der Waals surface area contributed by atoms with Crippen LogP contribution in [-0.4, -0.2) is 23.6 Å². The van der Waals surface area contributed by atoms with E-state index in [1.165, 1.54) is 12.1 Å². The molecule has 0 saturated heterocycles. The maximum atomic E-state index is 12.3. The molecular formula is C14H12N4O3S2. The summed E-state index contributed by atoms with van der Waals surface area (Å²) < 4.78 is 27.3. The van der Waals surface area contributed by atoms with Gasteiger partial charge in [-0.05, 0) is 23.8 Å². The predicted octanol–water partition coefficient (Wildman–Crippen LogP) is 1.37. The molecule has 2 N–H and O–H groups in total. The van der Waals surface area contributed by atoms with E-state index in [0.717, 1.165) is 16.9 Å². The summed E-state index contributed by atoms with van der Waals surface area (Å²) in [5.74, 6) is 0. The number of hydrogen-bond donors (Lipinski definition) is 2. The summed E-state index contributed by atoms with van der Waals surface area (Å²) in [4.78, 5) is 15.0. The van der Waals surface area contributed by atoms with Crippen molar-refractivity contribution in [3.8, 4) is 11.3 Å². The molecule has 0 radical (unpaired) electrons. The molecule has 0 atom stereocenters. The molecule has 0 saturated carbocycles. The maximum Gasteiger partial charge on any atom is 0.264 e. The molecule has 3 aromatic heterocycles. The van der Waals surface area contributed by atoms with Crippen LogP contribution in [-0.2, 0) is 16.6 Å². The molecule has 0 aromatic carbocycles. The van der Waals surface area contributed by atoms with Crippen molar-refractivity contribution >= 4 is 21.4 Å². The second kappa shape index (κ2) is 6.41. The van der Waals surface area contributed by atoms with Crippen LogP contribution in [0.15, 0.2) is 57.1 Å². The number of rotatable bonds is 5. The summed E-state index contributed by atoms with van der Waals surface area (Å²) in [6.07, 6.45) is 3.23. The van der Waals surface area contributed by atoms with Crippen LogP contribution < -0.4 is 10.3 Å². The van der Waals surface area contributed by atoms with Gasteiger partial charge in [-0.2, -0.15) is 5.10 Å². The van der Waals surface area contributed by atoms with E-state index in [2.05, 4.69) is 19.9 Å². The van der Waals surface area contributed by atoms with Crippen LogP contribution in [0.1, 0.15) is 5.56 Å². The molecule has 0 spiro atoms. The van der Waals surface area contributed by atoms with Gasteiger partial charge in [0.25, 0.3) is 5.56 Å². The summed E-state index contributed by atoms with van der Waals surface area (Å²) >= 11 is 1.09. The first-order valence-corrected chi connectivity index (χ1v) is 8.94. The van der Waals surface area contributed by atoms with Crippen LogP contribution >= 0.6 is 11.3 Å². The molecule has 3 rings (SSSR count). The molecule has 3 aromatic rings. The van der Waals surface area contributed by atoms with Crippen LogP contribution in [0.4, 0.5) is 0 Å². The Morgan fingerprint density at radius 1 is 1.26 bits per heavy atom. The summed E-state index contributed by atoms with van der Waals surface area (Å²) in [5, 5.41) is 7.88. The van der Waals surface area contributed by atoms with E-state index in [9.17, 15) is 13.2 Å². The van der Waals surface area contributed by atoms with Crippen LogP contribution in [0.5, 0.6) is 0 Å². The largest absolute Gasteiger partial charge is 0.268 e. The van der Waals surface area contributed by atoms with Gasteiger partial charge in [0.15, 0.2) is 0 Å². The first-order chi connectivity index (χ1) is 11.0. The van der Waals surface area contributed by atoms with Gasteiger partial charge in [0.05, 0.1) is 5.69 Å². The minimum absolute atomic E-state index is 0.167. The quantitative estimate of drug-likeness (QED) is 0.724. The lowest BCUT2D eigenvalue weighted by molar-refractivity contribution is 0.583. The van der Waals surface area contributed by atoms with Gasteiger partial charge in [0.2, 0.25) is 10.0 Å². The van der Waals surface area contributed by atoms with Crippen molar-refractivity contribution in [1.29, 1.82) is 0 Å². The summed E-state index contributed by atoms with van der Waals surface area (Å²) in [6.45, 7) is 0.167. The van der Waals surface area contributed by atoms with E-state index < -0.39 is 10.0 Å². The molecule has 0 aliphatic rings. The molecule has 23 heavy (non-hydrogen) atoms. The number of aromatic nitrogens is 3. The van der Waals surface area contributed by atoms with Gasteiger partial charge in [-0.25, -0.2) is 18.2 Å². The molecule has 0 aliphatic heterocycles. The van der Waals surface area contributed by atoms with Gasteiger partial charge < -0.3 is 0 Å². The van der Waals surface area contributed by atoms with Crippen molar-refractivity contribution in [2.75, 3.05) is 0 Å². The van der Waals surface area contributed by atoms with Gasteiger partial charge >= 0.3 is 0 Å². The number of hydrogen-bond acceptors (Lipinski definition) is 6. The Hall–Kier alpha value is -2.36. The van der Waals surface area contributed by atoms with E-state index in [0.29, 0.717) is 11.3 Å². The number of aromatic amines is 1. The Morgan fingerprint density at radius 2 is 2.13 bits per heavy atom. The van der Waals surface area contributed by atoms with Gasteiger partial charge in [0, 0.05) is 35.9 Å². The van der Waals surface area contributed by atoms with E-state index in [4.69, 9.17) is 0 Å². The van der Waals surface area contributed by atoms with Gasteiger partial charge in [0.1, 0.15) is 4.21 Å². The molecule has 0 unspecified atom stereocenters. The third-order valence-electron chi connectivity index (χ3n) is 3.00. The van der Waals surface area contributed by atoms with E-state index in [1.807, 2.05) is 0 Å². The summed E-state index contributed by atoms with van der Waals surface area (Å²) in [7, 11) is -3.61. The zero-order chi connectivity index (χ0) is 16.3. The molecule has 0 bridgehead atoms. The van der Waals surface area contributed by atoms with E-state index in [-0.39, 0.29) is 16.3 Å². The zero-order valence-electron chi connectivity index (χ0n) is 11.8. The standard InChI is InChI=1S/C14H12N4O3S2/c19-13-4-3-12(17-18-13)11-6-14(22-9-11)23(20,21)16-8-10-2-1-5-15-7-10/h1-7,9,16H,8H2,(H,18,19). The summed E-state index contributed by atoms with van der Waals surface area (Å²) in [6, 6.07) is 7.94. The van der Waals surface area contributed by atoms with Crippen molar-refractivity contribution in [3.63, 3.8) is 0 Å². The van der Waals surface area contributed by atoms with Gasteiger partial charge in [-0.15, -0.1) is 11.3 Å². The average molecular weight is 348 g/mol. The van der Waals surface area contributed by atoms with Gasteiger partial charge in [-0.1, -0.05) is 6.07 Å². The Kier molecular flexibility index (Phi) is 4.33. The Balaban J connectivity index is 1.78. The minimum Gasteiger partial charge on any atom is -0.268 e. The first-order valence-electron chi connectivity index (χ1n) is 6.58. The predicted molar refractivity (Wildman–Crippen MR) is 86.4 cm³/mol. The average Bonchev–Trinajstić information content (AvgIpc) is 3.06. The number of sulfonamides is 1. The first kappa shape index (κ1) is 15.5. The smallest absolute Gasteiger partial charge is 0.264 e. The van der Waals surface area contributed by atoms with Crippen LogP contribution in [0.25, 0.3) is 11.3 Å². The monoisotopic (exact) mass is 348 g/mol. The number of nitrogens with zero attached hydrogens (tertiary/aromatic N) is 2. The molecule has 0 amide bonds. The third kappa shape index (κ3) is 3.70. The molecule has 0 aliphatic carbocycles. The lowest BCUT2D eigenvalue weighted by atomic mass is 10.2. The SMILES string of the molecule is O=c1ccc(-c2csc(S(=O)(=O)NCc3cccnc3)c2)n[nH]1. The van der Waals surface area contributed by atoms with Crippen molar-refractivity contribution in [2.45, 2.75) is 10.8 Å². The molecule has 3 heterocycles. The van der Waals surface area contributed by atoms with Crippen LogP contribution in [0.3, 0.4) is 0 Å². The van der Waals surface area contributed by atoms with Crippen molar-refractivity contribution in [3.05, 3.63) is 64.0 Å². The number of H-pyrrole nitrogens is 1. The molecular weight excluding hydrogens is 336 g/mol. The van der Waals surface area contributed by atoms with Crippen molar-refractivity contribution in [2.24, 2.45) is 0 Å².